The summed E-state index contributed by atoms with van der Waals surface area (Å²) in [6.07, 6.45) is 4.08. The van der Waals surface area contributed by atoms with Crippen molar-refractivity contribution in [3.05, 3.63) is 34.1 Å². The van der Waals surface area contributed by atoms with E-state index in [0.29, 0.717) is 5.82 Å². The van der Waals surface area contributed by atoms with Crippen LogP contribution in [0.2, 0.25) is 0 Å². The Morgan fingerprint density at radius 3 is 2.29 bits per heavy atom. The molecule has 0 unspecified atom stereocenters. The fraction of sp³-hybridized carbons (Fsp3) is 0. The highest BCUT2D eigenvalue weighted by atomic mass is 127. The SMILES string of the molecule is O=C1C=CC(=O)N1c1ccc(I)cn1. The minimum absolute atomic E-state index is 0.344. The van der Waals surface area contributed by atoms with E-state index in [9.17, 15) is 9.59 Å². The fourth-order valence-electron chi connectivity index (χ4n) is 1.13. The second-order valence-corrected chi connectivity index (χ2v) is 3.93. The molecule has 0 radical (unpaired) electrons. The number of halogens is 1. The lowest BCUT2D eigenvalue weighted by molar-refractivity contribution is -0.120. The number of carbonyl (C=O) groups excluding carboxylic acids is 2. The van der Waals surface area contributed by atoms with Crippen molar-refractivity contribution in [2.24, 2.45) is 0 Å². The normalized spacial score (nSPS) is 15.4. The Morgan fingerprint density at radius 2 is 1.79 bits per heavy atom. The number of carbonyl (C=O) groups is 2. The first kappa shape index (κ1) is 9.32. The number of hydrogen-bond donors (Lipinski definition) is 0. The quantitative estimate of drug-likeness (QED) is 0.577. The van der Waals surface area contributed by atoms with Gasteiger partial charge in [-0.05, 0) is 34.7 Å². The predicted molar refractivity (Wildman–Crippen MR) is 58.6 cm³/mol. The molecule has 1 aliphatic rings. The molecule has 0 N–H and O–H groups in total. The lowest BCUT2D eigenvalue weighted by Crippen LogP contribution is -2.30. The molecule has 2 heterocycles. The van der Waals surface area contributed by atoms with E-state index in [-0.39, 0.29) is 11.8 Å². The Hall–Kier alpha value is -1.24. The van der Waals surface area contributed by atoms with Crippen LogP contribution in [0, 0.1) is 3.57 Å². The minimum Gasteiger partial charge on any atom is -0.269 e. The molecule has 4 nitrogen and oxygen atoms in total. The van der Waals surface area contributed by atoms with Crippen LogP contribution in [0.1, 0.15) is 0 Å². The summed E-state index contributed by atoms with van der Waals surface area (Å²) in [6.45, 7) is 0. The standard InChI is InChI=1S/C9H5IN2O2/c10-6-1-2-7(11-5-6)12-8(13)3-4-9(12)14/h1-5H. The van der Waals surface area contributed by atoms with E-state index in [1.807, 2.05) is 0 Å². The van der Waals surface area contributed by atoms with Gasteiger partial charge in [0.05, 0.1) is 0 Å². The highest BCUT2D eigenvalue weighted by Gasteiger charge is 2.25. The lowest BCUT2D eigenvalue weighted by atomic mass is 10.4. The number of hydrogen-bond acceptors (Lipinski definition) is 3. The maximum Gasteiger partial charge on any atom is 0.259 e. The first-order valence-corrected chi connectivity index (χ1v) is 4.94. The Labute approximate surface area is 93.8 Å². The predicted octanol–water partition coefficient (Wildman–Crippen LogP) is 1.12. The lowest BCUT2D eigenvalue weighted by Gasteiger charge is -2.11. The fourth-order valence-corrected chi connectivity index (χ4v) is 1.45. The smallest absolute Gasteiger partial charge is 0.259 e. The van der Waals surface area contributed by atoms with Crippen LogP contribution in [0.25, 0.3) is 0 Å². The second-order valence-electron chi connectivity index (χ2n) is 2.68. The molecule has 1 aliphatic heterocycles. The average Bonchev–Trinajstić information content (AvgIpc) is 2.49. The molecule has 1 aromatic rings. The zero-order valence-corrected chi connectivity index (χ0v) is 9.13. The maximum atomic E-state index is 11.2. The number of aromatic nitrogens is 1. The molecular formula is C9H5IN2O2. The van der Waals surface area contributed by atoms with Crippen molar-refractivity contribution in [1.82, 2.24) is 4.98 Å². The molecule has 0 atom stereocenters. The maximum absolute atomic E-state index is 11.2. The first-order valence-electron chi connectivity index (χ1n) is 3.86. The molecule has 14 heavy (non-hydrogen) atoms. The number of imide groups is 1. The van der Waals surface area contributed by atoms with Gasteiger partial charge in [-0.15, -0.1) is 0 Å². The Balaban J connectivity index is 2.36. The minimum atomic E-state index is -0.344. The van der Waals surface area contributed by atoms with Crippen molar-refractivity contribution in [3.8, 4) is 0 Å². The summed E-state index contributed by atoms with van der Waals surface area (Å²) in [6, 6.07) is 3.44. The molecule has 2 amide bonds. The number of anilines is 1. The van der Waals surface area contributed by atoms with Gasteiger partial charge in [-0.25, -0.2) is 9.88 Å². The Kier molecular flexibility index (Phi) is 2.32. The van der Waals surface area contributed by atoms with Crippen molar-refractivity contribution in [2.45, 2.75) is 0 Å². The van der Waals surface area contributed by atoms with Gasteiger partial charge in [0.25, 0.3) is 11.8 Å². The van der Waals surface area contributed by atoms with Gasteiger partial charge in [-0.2, -0.15) is 0 Å². The Bertz CT molecular complexity index is 407. The van der Waals surface area contributed by atoms with E-state index in [0.717, 1.165) is 8.47 Å². The van der Waals surface area contributed by atoms with E-state index in [1.54, 1.807) is 18.3 Å². The molecule has 0 aliphatic carbocycles. The number of amides is 2. The van der Waals surface area contributed by atoms with Crippen LogP contribution in [0.5, 0.6) is 0 Å². The topological polar surface area (TPSA) is 50.3 Å². The third-order valence-electron chi connectivity index (χ3n) is 1.75. The van der Waals surface area contributed by atoms with Crippen molar-refractivity contribution in [3.63, 3.8) is 0 Å². The molecule has 0 saturated heterocycles. The molecule has 5 heteroatoms. The van der Waals surface area contributed by atoms with Gasteiger partial charge in [0.15, 0.2) is 0 Å². The van der Waals surface area contributed by atoms with Crippen molar-refractivity contribution < 1.29 is 9.59 Å². The summed E-state index contributed by atoms with van der Waals surface area (Å²) in [5, 5.41) is 0. The molecule has 0 bridgehead atoms. The highest BCUT2D eigenvalue weighted by Crippen LogP contribution is 2.16. The van der Waals surface area contributed by atoms with Gasteiger partial charge in [0, 0.05) is 21.9 Å². The van der Waals surface area contributed by atoms with Gasteiger partial charge in [-0.3, -0.25) is 9.59 Å². The van der Waals surface area contributed by atoms with Crippen molar-refractivity contribution >= 4 is 40.2 Å². The summed E-state index contributed by atoms with van der Waals surface area (Å²) < 4.78 is 0.957. The molecule has 0 spiro atoms. The third-order valence-corrected chi connectivity index (χ3v) is 2.39. The Morgan fingerprint density at radius 1 is 1.14 bits per heavy atom. The summed E-state index contributed by atoms with van der Waals surface area (Å²) in [5.41, 5.74) is 0. The van der Waals surface area contributed by atoms with Gasteiger partial charge in [0.1, 0.15) is 5.82 Å². The van der Waals surface area contributed by atoms with E-state index < -0.39 is 0 Å². The zero-order valence-electron chi connectivity index (χ0n) is 6.98. The third kappa shape index (κ3) is 1.54. The summed E-state index contributed by atoms with van der Waals surface area (Å²) in [7, 11) is 0. The molecule has 0 fully saturated rings. The van der Waals surface area contributed by atoms with E-state index in [1.165, 1.54) is 12.2 Å². The van der Waals surface area contributed by atoms with Crippen LogP contribution in [-0.2, 0) is 9.59 Å². The van der Waals surface area contributed by atoms with Crippen LogP contribution < -0.4 is 4.90 Å². The largest absolute Gasteiger partial charge is 0.269 e. The van der Waals surface area contributed by atoms with Crippen LogP contribution >= 0.6 is 22.6 Å². The van der Waals surface area contributed by atoms with Gasteiger partial charge < -0.3 is 0 Å². The van der Waals surface area contributed by atoms with Crippen LogP contribution in [0.4, 0.5) is 5.82 Å². The van der Waals surface area contributed by atoms with Gasteiger partial charge >= 0.3 is 0 Å². The molecule has 0 saturated carbocycles. The van der Waals surface area contributed by atoms with Crippen LogP contribution in [-0.4, -0.2) is 16.8 Å². The first-order chi connectivity index (χ1) is 6.68. The number of pyridine rings is 1. The number of nitrogens with zero attached hydrogens (tertiary/aromatic N) is 2. The summed E-state index contributed by atoms with van der Waals surface area (Å²) in [5.74, 6) is -0.321. The second kappa shape index (κ2) is 3.49. The summed E-state index contributed by atoms with van der Waals surface area (Å²) >= 11 is 2.10. The molecule has 1 aromatic heterocycles. The molecular weight excluding hydrogens is 295 g/mol. The molecule has 0 aromatic carbocycles. The van der Waals surface area contributed by atoms with Crippen LogP contribution in [0.15, 0.2) is 30.5 Å². The van der Waals surface area contributed by atoms with Gasteiger partial charge in [0.2, 0.25) is 0 Å². The van der Waals surface area contributed by atoms with Gasteiger partial charge in [-0.1, -0.05) is 0 Å². The van der Waals surface area contributed by atoms with E-state index >= 15 is 0 Å². The average molecular weight is 300 g/mol. The van der Waals surface area contributed by atoms with E-state index in [4.69, 9.17) is 0 Å². The van der Waals surface area contributed by atoms with E-state index in [2.05, 4.69) is 27.6 Å². The molecule has 2 rings (SSSR count). The highest BCUT2D eigenvalue weighted by molar-refractivity contribution is 14.1. The van der Waals surface area contributed by atoms with Crippen molar-refractivity contribution in [2.75, 3.05) is 4.90 Å². The molecule has 70 valence electrons. The number of rotatable bonds is 1. The van der Waals surface area contributed by atoms with Crippen molar-refractivity contribution in [1.29, 1.82) is 0 Å². The zero-order chi connectivity index (χ0) is 10.1. The monoisotopic (exact) mass is 300 g/mol. The van der Waals surface area contributed by atoms with Crippen LogP contribution in [0.3, 0.4) is 0 Å². The summed E-state index contributed by atoms with van der Waals surface area (Å²) in [4.78, 5) is 27.5.